The summed E-state index contributed by atoms with van der Waals surface area (Å²) in [5.74, 6) is 0.480. The van der Waals surface area contributed by atoms with E-state index >= 15 is 0 Å². The van der Waals surface area contributed by atoms with Crippen LogP contribution in [0, 0.1) is 0 Å². The molecule has 1 saturated heterocycles. The summed E-state index contributed by atoms with van der Waals surface area (Å²) in [5.41, 5.74) is 0. The third kappa shape index (κ3) is 2.63. The Morgan fingerprint density at radius 1 is 1.17 bits per heavy atom. The fourth-order valence-electron chi connectivity index (χ4n) is 1.82. The molecular formula is C12H16O6. The van der Waals surface area contributed by atoms with Crippen molar-refractivity contribution >= 4 is 0 Å². The van der Waals surface area contributed by atoms with Crippen LogP contribution in [0.4, 0.5) is 0 Å². The van der Waals surface area contributed by atoms with Crippen molar-refractivity contribution < 1.29 is 29.9 Å². The van der Waals surface area contributed by atoms with Crippen molar-refractivity contribution in [2.24, 2.45) is 0 Å². The van der Waals surface area contributed by atoms with Crippen LogP contribution >= 0.6 is 0 Å². The van der Waals surface area contributed by atoms with Crippen molar-refractivity contribution in [1.29, 1.82) is 0 Å². The van der Waals surface area contributed by atoms with Gasteiger partial charge in [-0.25, -0.2) is 0 Å². The summed E-state index contributed by atoms with van der Waals surface area (Å²) in [4.78, 5) is 0. The molecule has 18 heavy (non-hydrogen) atoms. The summed E-state index contributed by atoms with van der Waals surface area (Å²) < 4.78 is 10.6. The van der Waals surface area contributed by atoms with Crippen LogP contribution in [0.15, 0.2) is 30.3 Å². The molecule has 6 nitrogen and oxygen atoms in total. The molecule has 0 aliphatic carbocycles. The molecule has 1 fully saturated rings. The zero-order valence-electron chi connectivity index (χ0n) is 9.59. The first-order valence-electron chi connectivity index (χ1n) is 5.65. The standard InChI is InChI=1S/C12H16O6/c13-6-8(14)11-9(15)10(16)12(18-11)17-7-4-2-1-3-5-7/h1-5,8-16H,6H2/t8-,9-,10-,11-,12+/m1/s1. The number of aliphatic hydroxyl groups is 4. The quantitative estimate of drug-likeness (QED) is 0.544. The van der Waals surface area contributed by atoms with Gasteiger partial charge >= 0.3 is 0 Å². The largest absolute Gasteiger partial charge is 0.462 e. The number of rotatable bonds is 4. The summed E-state index contributed by atoms with van der Waals surface area (Å²) in [6.45, 7) is -0.563. The molecule has 100 valence electrons. The molecule has 1 aromatic carbocycles. The zero-order chi connectivity index (χ0) is 13.1. The maximum Gasteiger partial charge on any atom is 0.229 e. The van der Waals surface area contributed by atoms with Gasteiger partial charge in [0, 0.05) is 0 Å². The second-order valence-corrected chi connectivity index (χ2v) is 4.13. The van der Waals surface area contributed by atoms with Crippen LogP contribution in [0.5, 0.6) is 5.75 Å². The molecule has 6 heteroatoms. The number of aliphatic hydroxyl groups excluding tert-OH is 4. The summed E-state index contributed by atoms with van der Waals surface area (Å²) >= 11 is 0. The molecule has 0 aromatic heterocycles. The molecule has 1 aromatic rings. The Balaban J connectivity index is 2.03. The number of hydrogen-bond donors (Lipinski definition) is 4. The Kier molecular flexibility index (Phi) is 4.15. The van der Waals surface area contributed by atoms with E-state index in [0.717, 1.165) is 0 Å². The van der Waals surface area contributed by atoms with E-state index in [1.165, 1.54) is 0 Å². The molecule has 0 bridgehead atoms. The molecule has 1 heterocycles. The maximum absolute atomic E-state index is 9.74. The molecule has 1 aliphatic rings. The van der Waals surface area contributed by atoms with E-state index in [-0.39, 0.29) is 0 Å². The van der Waals surface area contributed by atoms with Gasteiger partial charge in [-0.15, -0.1) is 0 Å². The first-order valence-corrected chi connectivity index (χ1v) is 5.65. The van der Waals surface area contributed by atoms with Crippen molar-refractivity contribution in [2.45, 2.75) is 30.7 Å². The first kappa shape index (κ1) is 13.3. The van der Waals surface area contributed by atoms with Crippen molar-refractivity contribution in [2.75, 3.05) is 6.61 Å². The van der Waals surface area contributed by atoms with Crippen LogP contribution in [0.25, 0.3) is 0 Å². The molecule has 0 saturated carbocycles. The van der Waals surface area contributed by atoms with E-state index < -0.39 is 37.3 Å². The van der Waals surface area contributed by atoms with E-state index in [1.807, 2.05) is 6.07 Å². The van der Waals surface area contributed by atoms with Gasteiger partial charge in [0.1, 0.15) is 30.2 Å². The smallest absolute Gasteiger partial charge is 0.229 e. The van der Waals surface area contributed by atoms with Gasteiger partial charge in [0.2, 0.25) is 6.29 Å². The molecule has 5 atom stereocenters. The normalized spacial score (nSPS) is 33.3. The Morgan fingerprint density at radius 3 is 2.44 bits per heavy atom. The molecule has 0 amide bonds. The minimum absolute atomic E-state index is 0.480. The van der Waals surface area contributed by atoms with E-state index in [4.69, 9.17) is 14.6 Å². The van der Waals surface area contributed by atoms with Crippen molar-refractivity contribution in [3.8, 4) is 5.75 Å². The predicted molar refractivity (Wildman–Crippen MR) is 60.8 cm³/mol. The third-order valence-corrected chi connectivity index (χ3v) is 2.82. The highest BCUT2D eigenvalue weighted by molar-refractivity contribution is 5.21. The van der Waals surface area contributed by atoms with Gasteiger partial charge in [-0.2, -0.15) is 0 Å². The van der Waals surface area contributed by atoms with E-state index in [9.17, 15) is 15.3 Å². The summed E-state index contributed by atoms with van der Waals surface area (Å²) in [5, 5.41) is 37.7. The van der Waals surface area contributed by atoms with Crippen LogP contribution in [-0.2, 0) is 4.74 Å². The highest BCUT2D eigenvalue weighted by atomic mass is 16.7. The summed E-state index contributed by atoms with van der Waals surface area (Å²) in [7, 11) is 0. The lowest BCUT2D eigenvalue weighted by atomic mass is 10.1. The molecule has 1 aliphatic heterocycles. The van der Waals surface area contributed by atoms with Gasteiger partial charge in [-0.1, -0.05) is 18.2 Å². The second-order valence-electron chi connectivity index (χ2n) is 4.13. The van der Waals surface area contributed by atoms with Crippen molar-refractivity contribution in [3.05, 3.63) is 30.3 Å². The predicted octanol–water partition coefficient (Wildman–Crippen LogP) is -1.13. The second kappa shape index (κ2) is 5.64. The fraction of sp³-hybridized carbons (Fsp3) is 0.500. The molecular weight excluding hydrogens is 240 g/mol. The highest BCUT2D eigenvalue weighted by Crippen LogP contribution is 2.26. The summed E-state index contributed by atoms with van der Waals surface area (Å²) in [6, 6.07) is 8.68. The first-order chi connectivity index (χ1) is 8.63. The SMILES string of the molecule is OC[C@@H](O)[C@H]1O[C@H](Oc2ccccc2)[C@H](O)[C@H]1O. The number of benzene rings is 1. The molecule has 0 spiro atoms. The van der Waals surface area contributed by atoms with Gasteiger partial charge in [0.05, 0.1) is 6.61 Å². The lowest BCUT2D eigenvalue weighted by Gasteiger charge is -2.18. The fourth-order valence-corrected chi connectivity index (χ4v) is 1.82. The Bertz CT molecular complexity index is 370. The van der Waals surface area contributed by atoms with Gasteiger partial charge in [-0.05, 0) is 12.1 Å². The van der Waals surface area contributed by atoms with Crippen LogP contribution in [0.3, 0.4) is 0 Å². The van der Waals surface area contributed by atoms with Gasteiger partial charge in [0.25, 0.3) is 0 Å². The Hall–Kier alpha value is -1.18. The van der Waals surface area contributed by atoms with Crippen LogP contribution in [0.1, 0.15) is 0 Å². The molecule has 4 N–H and O–H groups in total. The van der Waals surface area contributed by atoms with Gasteiger partial charge in [0.15, 0.2) is 0 Å². The summed E-state index contributed by atoms with van der Waals surface area (Å²) in [6.07, 6.45) is -6.00. The molecule has 2 rings (SSSR count). The minimum Gasteiger partial charge on any atom is -0.462 e. The molecule has 0 unspecified atom stereocenters. The third-order valence-electron chi connectivity index (χ3n) is 2.82. The number of para-hydroxylation sites is 1. The topological polar surface area (TPSA) is 99.4 Å². The Labute approximate surface area is 104 Å². The monoisotopic (exact) mass is 256 g/mol. The van der Waals surface area contributed by atoms with Gasteiger partial charge in [-0.3, -0.25) is 0 Å². The number of hydrogen-bond acceptors (Lipinski definition) is 6. The average molecular weight is 256 g/mol. The van der Waals surface area contributed by atoms with E-state index in [2.05, 4.69) is 0 Å². The van der Waals surface area contributed by atoms with Crippen LogP contribution < -0.4 is 4.74 Å². The number of ether oxygens (including phenoxy) is 2. The Morgan fingerprint density at radius 2 is 1.83 bits per heavy atom. The average Bonchev–Trinajstić information content (AvgIpc) is 2.67. The lowest BCUT2D eigenvalue weighted by molar-refractivity contribution is -0.137. The van der Waals surface area contributed by atoms with E-state index in [1.54, 1.807) is 24.3 Å². The van der Waals surface area contributed by atoms with Crippen molar-refractivity contribution in [3.63, 3.8) is 0 Å². The maximum atomic E-state index is 9.74. The highest BCUT2D eigenvalue weighted by Gasteiger charge is 2.47. The molecule has 0 radical (unpaired) electrons. The van der Waals surface area contributed by atoms with Crippen LogP contribution in [-0.4, -0.2) is 57.7 Å². The van der Waals surface area contributed by atoms with Gasteiger partial charge < -0.3 is 29.9 Å². The van der Waals surface area contributed by atoms with Crippen molar-refractivity contribution in [1.82, 2.24) is 0 Å². The zero-order valence-corrected chi connectivity index (χ0v) is 9.59. The van der Waals surface area contributed by atoms with Crippen LogP contribution in [0.2, 0.25) is 0 Å². The lowest BCUT2D eigenvalue weighted by Crippen LogP contribution is -2.40. The van der Waals surface area contributed by atoms with E-state index in [0.29, 0.717) is 5.75 Å². The minimum atomic E-state index is -1.30.